The fourth-order valence-electron chi connectivity index (χ4n) is 2.79. The molecule has 140 valence electrons. The fourth-order valence-corrected chi connectivity index (χ4v) is 2.79. The van der Waals surface area contributed by atoms with Crippen LogP contribution in [0.3, 0.4) is 0 Å². The summed E-state index contributed by atoms with van der Waals surface area (Å²) in [5.74, 6) is 0. The van der Waals surface area contributed by atoms with Crippen molar-refractivity contribution >= 4 is 28.4 Å². The van der Waals surface area contributed by atoms with E-state index in [9.17, 15) is 9.59 Å². The molecule has 0 radical (unpaired) electrons. The minimum absolute atomic E-state index is 0.324. The topological polar surface area (TPSA) is 80.6 Å². The highest BCUT2D eigenvalue weighted by molar-refractivity contribution is 5.85. The van der Waals surface area contributed by atoms with E-state index >= 15 is 0 Å². The Morgan fingerprint density at radius 2 is 1.78 bits per heavy atom. The van der Waals surface area contributed by atoms with E-state index in [1.807, 2.05) is 30.3 Å². The summed E-state index contributed by atoms with van der Waals surface area (Å²) in [4.78, 5) is 23.3. The lowest BCUT2D eigenvalue weighted by Gasteiger charge is -2.10. The first-order valence-corrected chi connectivity index (χ1v) is 8.92. The van der Waals surface area contributed by atoms with Gasteiger partial charge in [0.25, 0.3) is 0 Å². The third kappa shape index (κ3) is 4.67. The lowest BCUT2D eigenvalue weighted by atomic mass is 10.1. The van der Waals surface area contributed by atoms with Crippen molar-refractivity contribution in [2.45, 2.75) is 26.8 Å². The van der Waals surface area contributed by atoms with Crippen LogP contribution in [-0.4, -0.2) is 12.7 Å². The molecule has 2 aromatic carbocycles. The Kier molecular flexibility index (Phi) is 5.76. The van der Waals surface area contributed by atoms with E-state index < -0.39 is 6.09 Å². The van der Waals surface area contributed by atoms with E-state index in [1.54, 1.807) is 19.1 Å². The van der Waals surface area contributed by atoms with Crippen LogP contribution in [0.25, 0.3) is 11.0 Å². The molecule has 0 spiro atoms. The number of carbonyl (C=O) groups excluding carboxylic acids is 1. The van der Waals surface area contributed by atoms with Gasteiger partial charge in [-0.1, -0.05) is 19.1 Å². The molecule has 0 fully saturated rings. The second kappa shape index (κ2) is 8.40. The summed E-state index contributed by atoms with van der Waals surface area (Å²) in [5.41, 5.74) is 3.76. The maximum atomic E-state index is 11.9. The molecule has 0 saturated carbocycles. The Labute approximate surface area is 157 Å². The molecule has 0 unspecified atom stereocenters. The Morgan fingerprint density at radius 1 is 1.04 bits per heavy atom. The number of nitrogens with one attached hydrogen (secondary N) is 2. The molecule has 0 aliphatic heterocycles. The van der Waals surface area contributed by atoms with E-state index in [0.29, 0.717) is 24.4 Å². The van der Waals surface area contributed by atoms with Crippen LogP contribution in [0.2, 0.25) is 0 Å². The number of rotatable bonds is 6. The normalized spacial score (nSPS) is 10.6. The first kappa shape index (κ1) is 18.5. The first-order valence-electron chi connectivity index (χ1n) is 8.92. The third-order valence-corrected chi connectivity index (χ3v) is 4.19. The number of hydrogen-bond donors (Lipinski definition) is 2. The van der Waals surface area contributed by atoms with Gasteiger partial charge in [0.05, 0.1) is 6.61 Å². The van der Waals surface area contributed by atoms with Gasteiger partial charge in [0.15, 0.2) is 0 Å². The van der Waals surface area contributed by atoms with Crippen LogP contribution in [0, 0.1) is 0 Å². The molecule has 1 amide bonds. The predicted molar refractivity (Wildman–Crippen MR) is 106 cm³/mol. The van der Waals surface area contributed by atoms with Gasteiger partial charge in [-0.3, -0.25) is 5.32 Å². The minimum Gasteiger partial charge on any atom is -0.450 e. The van der Waals surface area contributed by atoms with Gasteiger partial charge in [-0.2, -0.15) is 0 Å². The van der Waals surface area contributed by atoms with Crippen LogP contribution in [0.4, 0.5) is 16.2 Å². The molecule has 3 rings (SSSR count). The number of amides is 1. The second-order valence-electron chi connectivity index (χ2n) is 6.05. The van der Waals surface area contributed by atoms with Crippen LogP contribution in [0.5, 0.6) is 0 Å². The largest absolute Gasteiger partial charge is 0.450 e. The third-order valence-electron chi connectivity index (χ3n) is 4.19. The zero-order valence-electron chi connectivity index (χ0n) is 15.4. The van der Waals surface area contributed by atoms with Crippen LogP contribution >= 0.6 is 0 Å². The van der Waals surface area contributed by atoms with Gasteiger partial charge in [0.1, 0.15) is 5.58 Å². The van der Waals surface area contributed by atoms with E-state index in [-0.39, 0.29) is 5.63 Å². The molecule has 27 heavy (non-hydrogen) atoms. The Balaban J connectivity index is 1.73. The predicted octanol–water partition coefficient (Wildman–Crippen LogP) is 4.54. The van der Waals surface area contributed by atoms with Crippen molar-refractivity contribution in [3.05, 3.63) is 70.1 Å². The molecule has 0 atom stereocenters. The van der Waals surface area contributed by atoms with Gasteiger partial charge in [-0.25, -0.2) is 9.59 Å². The molecule has 1 heterocycles. The van der Waals surface area contributed by atoms with Crippen molar-refractivity contribution in [2.24, 2.45) is 0 Å². The Hall–Kier alpha value is -3.28. The highest BCUT2D eigenvalue weighted by Crippen LogP contribution is 2.21. The van der Waals surface area contributed by atoms with Crippen LogP contribution in [0.15, 0.2) is 57.7 Å². The summed E-state index contributed by atoms with van der Waals surface area (Å²) in [6.07, 6.45) is 0.404. The molecule has 3 aromatic rings. The molecule has 0 bridgehead atoms. The van der Waals surface area contributed by atoms with E-state index in [1.165, 1.54) is 6.07 Å². The zero-order chi connectivity index (χ0) is 19.2. The van der Waals surface area contributed by atoms with Gasteiger partial charge in [0.2, 0.25) is 0 Å². The summed E-state index contributed by atoms with van der Waals surface area (Å²) in [7, 11) is 0. The summed E-state index contributed by atoms with van der Waals surface area (Å²) in [6.45, 7) is 4.62. The van der Waals surface area contributed by atoms with Gasteiger partial charge < -0.3 is 14.5 Å². The molecule has 0 aliphatic rings. The average Bonchev–Trinajstić information content (AvgIpc) is 2.66. The van der Waals surface area contributed by atoms with Crippen molar-refractivity contribution < 1.29 is 13.9 Å². The average molecular weight is 366 g/mol. The smallest absolute Gasteiger partial charge is 0.411 e. The number of carbonyl (C=O) groups is 1. The highest BCUT2D eigenvalue weighted by atomic mass is 16.5. The lowest BCUT2D eigenvalue weighted by molar-refractivity contribution is 0.168. The van der Waals surface area contributed by atoms with Gasteiger partial charge >= 0.3 is 11.7 Å². The molecular formula is C21H22N2O4. The molecule has 0 aliphatic carbocycles. The Bertz CT molecular complexity index is 993. The second-order valence-corrected chi connectivity index (χ2v) is 6.05. The van der Waals surface area contributed by atoms with Crippen molar-refractivity contribution in [3.63, 3.8) is 0 Å². The maximum Gasteiger partial charge on any atom is 0.411 e. The fraction of sp³-hybridized carbons (Fsp3) is 0.238. The summed E-state index contributed by atoms with van der Waals surface area (Å²) < 4.78 is 10.2. The van der Waals surface area contributed by atoms with Crippen molar-refractivity contribution in [3.8, 4) is 0 Å². The molecule has 0 saturated heterocycles. The van der Waals surface area contributed by atoms with Crippen molar-refractivity contribution in [1.82, 2.24) is 0 Å². The van der Waals surface area contributed by atoms with Crippen LogP contribution in [-0.2, 0) is 17.7 Å². The molecular weight excluding hydrogens is 344 g/mol. The number of ether oxygens (including phenoxy) is 1. The standard InChI is InChI=1S/C21H22N2O4/c1-3-14-5-10-18-15(12-20(24)27-19(18)11-14)13-22-16-6-8-17(9-7-16)23-21(25)26-4-2/h5-12,22H,3-4,13H2,1-2H3,(H,23,25). The minimum atomic E-state index is -0.480. The van der Waals surface area contributed by atoms with Gasteiger partial charge in [0, 0.05) is 29.4 Å². The molecule has 1 aromatic heterocycles. The maximum absolute atomic E-state index is 11.9. The number of fused-ring (bicyclic) bond motifs is 1. The number of aryl methyl sites for hydroxylation is 1. The summed E-state index contributed by atoms with van der Waals surface area (Å²) >= 11 is 0. The van der Waals surface area contributed by atoms with Crippen molar-refractivity contribution in [1.29, 1.82) is 0 Å². The zero-order valence-corrected chi connectivity index (χ0v) is 15.4. The van der Waals surface area contributed by atoms with E-state index in [4.69, 9.17) is 9.15 Å². The molecule has 6 heteroatoms. The quantitative estimate of drug-likeness (QED) is 0.626. The van der Waals surface area contributed by atoms with Crippen LogP contribution in [0.1, 0.15) is 25.0 Å². The monoisotopic (exact) mass is 366 g/mol. The molecule has 6 nitrogen and oxygen atoms in total. The first-order chi connectivity index (χ1) is 13.1. The van der Waals surface area contributed by atoms with Gasteiger partial charge in [-0.05, 0) is 54.8 Å². The van der Waals surface area contributed by atoms with Crippen LogP contribution < -0.4 is 16.3 Å². The number of benzene rings is 2. The Morgan fingerprint density at radius 3 is 2.48 bits per heavy atom. The van der Waals surface area contributed by atoms with Crippen molar-refractivity contribution in [2.75, 3.05) is 17.2 Å². The number of hydrogen-bond acceptors (Lipinski definition) is 5. The summed E-state index contributed by atoms with van der Waals surface area (Å²) in [5, 5.41) is 6.85. The SMILES string of the molecule is CCOC(=O)Nc1ccc(NCc2cc(=O)oc3cc(CC)ccc23)cc1. The van der Waals surface area contributed by atoms with E-state index in [0.717, 1.165) is 28.6 Å². The van der Waals surface area contributed by atoms with E-state index in [2.05, 4.69) is 17.6 Å². The highest BCUT2D eigenvalue weighted by Gasteiger charge is 2.07. The molecule has 2 N–H and O–H groups in total. The van der Waals surface area contributed by atoms with Gasteiger partial charge in [-0.15, -0.1) is 0 Å². The lowest BCUT2D eigenvalue weighted by Crippen LogP contribution is -2.13. The number of anilines is 2. The summed E-state index contributed by atoms with van der Waals surface area (Å²) in [6, 6.07) is 14.7.